The van der Waals surface area contributed by atoms with Crippen molar-refractivity contribution in [1.82, 2.24) is 14.6 Å². The van der Waals surface area contributed by atoms with Crippen molar-refractivity contribution in [2.24, 2.45) is 0 Å². The van der Waals surface area contributed by atoms with E-state index in [-0.39, 0.29) is 45.1 Å². The van der Waals surface area contributed by atoms with E-state index in [0.29, 0.717) is 0 Å². The van der Waals surface area contributed by atoms with Crippen LogP contribution in [0.3, 0.4) is 0 Å². The molecule has 114 valence electrons. The lowest BCUT2D eigenvalue weighted by Crippen LogP contribution is -2.37. The third-order valence-corrected chi connectivity index (χ3v) is 5.52. The smallest absolute Gasteiger partial charge is 0.273 e. The maximum Gasteiger partial charge on any atom is 0.288 e. The van der Waals surface area contributed by atoms with Crippen molar-refractivity contribution in [2.45, 2.75) is 4.90 Å². The molecule has 0 aliphatic carbocycles. The first-order valence-electron chi connectivity index (χ1n) is 5.59. The number of rotatable bonds is 5. The Bertz CT molecular complexity index is 680. The maximum absolute atomic E-state index is 12.0. The van der Waals surface area contributed by atoms with Crippen LogP contribution in [0.15, 0.2) is 17.2 Å². The molecule has 0 spiro atoms. The number of aromatic nitrogens is 1. The van der Waals surface area contributed by atoms with Gasteiger partial charge in [-0.05, 0) is 6.07 Å². The fourth-order valence-corrected chi connectivity index (χ4v) is 3.60. The predicted octanol–water partition coefficient (Wildman–Crippen LogP) is 1.36. The quantitative estimate of drug-likeness (QED) is 0.787. The molecule has 1 fully saturated rings. The van der Waals surface area contributed by atoms with Gasteiger partial charge >= 0.3 is 0 Å². The van der Waals surface area contributed by atoms with Crippen molar-refractivity contribution in [3.8, 4) is 0 Å². The zero-order valence-electron chi connectivity index (χ0n) is 10.4. The van der Waals surface area contributed by atoms with Gasteiger partial charge in [0.1, 0.15) is 10.0 Å². The summed E-state index contributed by atoms with van der Waals surface area (Å²) in [7, 11) is -3.84. The molecule has 2 rings (SSSR count). The molecule has 2 amide bonds. The summed E-state index contributed by atoms with van der Waals surface area (Å²) < 4.78 is 26.2. The summed E-state index contributed by atoms with van der Waals surface area (Å²) in [6.07, 6.45) is 1.07. The minimum absolute atomic E-state index is 0.000835. The van der Waals surface area contributed by atoms with Crippen molar-refractivity contribution in [2.75, 3.05) is 18.8 Å². The molecule has 1 aliphatic heterocycles. The second-order valence-corrected chi connectivity index (χ2v) is 7.40. The third-order valence-electron chi connectivity index (χ3n) is 2.55. The molecule has 0 radical (unpaired) electrons. The normalized spacial score (nSPS) is 15.8. The molecule has 1 N–H and O–H groups in total. The van der Waals surface area contributed by atoms with Gasteiger partial charge in [-0.1, -0.05) is 35.0 Å². The molecule has 0 unspecified atom stereocenters. The minimum Gasteiger partial charge on any atom is -0.273 e. The highest BCUT2D eigenvalue weighted by molar-refractivity contribution is 8.14. The lowest BCUT2D eigenvalue weighted by molar-refractivity contribution is -0.124. The molecule has 0 bridgehead atoms. The Balaban J connectivity index is 2.00. The highest BCUT2D eigenvalue weighted by Gasteiger charge is 2.29. The van der Waals surface area contributed by atoms with Gasteiger partial charge in [-0.3, -0.25) is 14.5 Å². The van der Waals surface area contributed by atoms with Crippen LogP contribution < -0.4 is 4.72 Å². The standard InChI is InChI=1S/C10H9Cl2N3O4S2/c11-7-3-6(4-13-9(7)12)21(18,19)14-1-2-15-8(16)5-20-10(15)17/h3-4,14H,1-2,5H2. The average Bonchev–Trinajstić information content (AvgIpc) is 2.73. The zero-order chi connectivity index (χ0) is 15.6. The van der Waals surface area contributed by atoms with Gasteiger partial charge < -0.3 is 0 Å². The van der Waals surface area contributed by atoms with Gasteiger partial charge in [-0.15, -0.1) is 0 Å². The molecule has 1 aliphatic rings. The van der Waals surface area contributed by atoms with Crippen molar-refractivity contribution in [3.63, 3.8) is 0 Å². The molecule has 2 heterocycles. The van der Waals surface area contributed by atoms with Gasteiger partial charge in [0.2, 0.25) is 15.9 Å². The number of carbonyl (C=O) groups excluding carboxylic acids is 2. The Kier molecular flexibility index (Phi) is 5.10. The molecule has 0 saturated carbocycles. The first-order chi connectivity index (χ1) is 9.81. The molecule has 7 nitrogen and oxygen atoms in total. The van der Waals surface area contributed by atoms with E-state index < -0.39 is 10.0 Å². The number of hydrogen-bond donors (Lipinski definition) is 1. The molecule has 1 saturated heterocycles. The van der Waals surface area contributed by atoms with E-state index in [2.05, 4.69) is 9.71 Å². The molecule has 1 aromatic rings. The van der Waals surface area contributed by atoms with Gasteiger partial charge in [0.25, 0.3) is 5.24 Å². The Morgan fingerprint density at radius 3 is 2.67 bits per heavy atom. The van der Waals surface area contributed by atoms with Crippen molar-refractivity contribution < 1.29 is 18.0 Å². The van der Waals surface area contributed by atoms with Crippen LogP contribution in [0.2, 0.25) is 10.2 Å². The summed E-state index contributed by atoms with van der Waals surface area (Å²) in [6.45, 7) is -0.126. The number of pyridine rings is 1. The van der Waals surface area contributed by atoms with E-state index in [1.165, 1.54) is 6.07 Å². The fraction of sp³-hybridized carbons (Fsp3) is 0.300. The van der Waals surface area contributed by atoms with E-state index in [9.17, 15) is 18.0 Å². The minimum atomic E-state index is -3.84. The summed E-state index contributed by atoms with van der Waals surface area (Å²) in [6, 6.07) is 1.17. The van der Waals surface area contributed by atoms with Crippen LogP contribution in [0.4, 0.5) is 4.79 Å². The lowest BCUT2D eigenvalue weighted by Gasteiger charge is -2.13. The molecule has 11 heteroatoms. The van der Waals surface area contributed by atoms with Gasteiger partial charge in [0, 0.05) is 19.3 Å². The number of sulfonamides is 1. The van der Waals surface area contributed by atoms with Gasteiger partial charge in [0.15, 0.2) is 0 Å². The Labute approximate surface area is 135 Å². The first kappa shape index (κ1) is 16.5. The molecule has 21 heavy (non-hydrogen) atoms. The summed E-state index contributed by atoms with van der Waals surface area (Å²) in [5, 5.41) is -0.364. The van der Waals surface area contributed by atoms with Gasteiger partial charge in [0.05, 0.1) is 10.8 Å². The van der Waals surface area contributed by atoms with Crippen LogP contribution >= 0.6 is 35.0 Å². The zero-order valence-corrected chi connectivity index (χ0v) is 13.5. The number of imide groups is 1. The highest BCUT2D eigenvalue weighted by Crippen LogP contribution is 2.22. The molecular formula is C10H9Cl2N3O4S2. The Hall–Kier alpha value is -0.870. The number of thioether (sulfide) groups is 1. The van der Waals surface area contributed by atoms with Crippen LogP contribution in [0, 0.1) is 0 Å². The SMILES string of the molecule is O=C1CSC(=O)N1CCNS(=O)(=O)c1cnc(Cl)c(Cl)c1. The van der Waals surface area contributed by atoms with Crippen LogP contribution in [0.1, 0.15) is 0 Å². The van der Waals surface area contributed by atoms with Crippen LogP contribution in [0.25, 0.3) is 0 Å². The molecule has 1 aromatic heterocycles. The van der Waals surface area contributed by atoms with E-state index in [0.717, 1.165) is 22.9 Å². The molecule has 0 aromatic carbocycles. The van der Waals surface area contributed by atoms with E-state index >= 15 is 0 Å². The summed E-state index contributed by atoms with van der Waals surface area (Å²) in [5.41, 5.74) is 0. The Morgan fingerprint density at radius 2 is 2.10 bits per heavy atom. The number of nitrogens with zero attached hydrogens (tertiary/aromatic N) is 2. The molecule has 0 atom stereocenters. The van der Waals surface area contributed by atoms with E-state index in [4.69, 9.17) is 23.2 Å². The largest absolute Gasteiger partial charge is 0.288 e. The average molecular weight is 370 g/mol. The van der Waals surface area contributed by atoms with Crippen molar-refractivity contribution in [1.29, 1.82) is 0 Å². The van der Waals surface area contributed by atoms with Crippen LogP contribution in [0.5, 0.6) is 0 Å². The third kappa shape index (κ3) is 3.86. The second kappa shape index (κ2) is 6.49. The number of halogens is 2. The van der Waals surface area contributed by atoms with E-state index in [1.807, 2.05) is 0 Å². The monoisotopic (exact) mass is 369 g/mol. The summed E-state index contributed by atoms with van der Waals surface area (Å²) in [4.78, 5) is 27.2. The fourth-order valence-electron chi connectivity index (χ4n) is 1.52. The number of carbonyl (C=O) groups is 2. The lowest BCUT2D eigenvalue weighted by atomic mass is 10.5. The van der Waals surface area contributed by atoms with Crippen LogP contribution in [-0.2, 0) is 14.8 Å². The predicted molar refractivity (Wildman–Crippen MR) is 79.0 cm³/mol. The summed E-state index contributed by atoms with van der Waals surface area (Å²) in [5.74, 6) is -0.247. The first-order valence-corrected chi connectivity index (χ1v) is 8.81. The van der Waals surface area contributed by atoms with Gasteiger partial charge in [-0.25, -0.2) is 18.1 Å². The molecular weight excluding hydrogens is 361 g/mol. The Morgan fingerprint density at radius 1 is 1.38 bits per heavy atom. The van der Waals surface area contributed by atoms with Crippen molar-refractivity contribution in [3.05, 3.63) is 22.4 Å². The van der Waals surface area contributed by atoms with Crippen LogP contribution in [-0.4, -0.2) is 48.3 Å². The number of hydrogen-bond acceptors (Lipinski definition) is 6. The summed E-state index contributed by atoms with van der Waals surface area (Å²) >= 11 is 12.2. The number of amides is 2. The topological polar surface area (TPSA) is 96.4 Å². The van der Waals surface area contributed by atoms with E-state index in [1.54, 1.807) is 0 Å². The van der Waals surface area contributed by atoms with Crippen molar-refractivity contribution >= 4 is 56.1 Å². The number of nitrogens with one attached hydrogen (secondary N) is 1. The maximum atomic E-state index is 12.0. The second-order valence-electron chi connectivity index (χ2n) is 3.94. The highest BCUT2D eigenvalue weighted by atomic mass is 35.5. The van der Waals surface area contributed by atoms with Gasteiger partial charge in [-0.2, -0.15) is 0 Å².